The van der Waals surface area contributed by atoms with E-state index in [9.17, 15) is 4.79 Å². The standard InChI is InChI=1S/C12H14ClIN2OS/c13-10-5-8(14)1-2-11(10)16-12(17)6-9-7-18-4-3-15-9/h1-2,5,9,15H,3-4,6-7H2,(H,16,17). The SMILES string of the molecule is O=C(CC1CSCCN1)Nc1ccc(I)cc1Cl. The van der Waals surface area contributed by atoms with Crippen molar-refractivity contribution < 1.29 is 4.79 Å². The van der Waals surface area contributed by atoms with E-state index in [2.05, 4.69) is 33.2 Å². The van der Waals surface area contributed by atoms with Crippen LogP contribution in [0.2, 0.25) is 5.02 Å². The van der Waals surface area contributed by atoms with Crippen LogP contribution >= 0.6 is 46.0 Å². The average molecular weight is 397 g/mol. The Kier molecular flexibility index (Phi) is 5.59. The van der Waals surface area contributed by atoms with Crippen molar-refractivity contribution >= 4 is 57.5 Å². The molecule has 1 aromatic rings. The molecule has 0 aromatic heterocycles. The van der Waals surface area contributed by atoms with Crippen molar-refractivity contribution in [3.8, 4) is 0 Å². The zero-order valence-corrected chi connectivity index (χ0v) is 13.4. The van der Waals surface area contributed by atoms with E-state index >= 15 is 0 Å². The Morgan fingerprint density at radius 2 is 2.44 bits per heavy atom. The number of thioether (sulfide) groups is 1. The minimum Gasteiger partial charge on any atom is -0.325 e. The molecule has 1 aliphatic rings. The van der Waals surface area contributed by atoms with Crippen molar-refractivity contribution in [1.82, 2.24) is 5.32 Å². The van der Waals surface area contributed by atoms with Gasteiger partial charge in [0.25, 0.3) is 0 Å². The highest BCUT2D eigenvalue weighted by atomic mass is 127. The highest BCUT2D eigenvalue weighted by Gasteiger charge is 2.17. The summed E-state index contributed by atoms with van der Waals surface area (Å²) < 4.78 is 1.06. The summed E-state index contributed by atoms with van der Waals surface area (Å²) in [4.78, 5) is 11.9. The number of rotatable bonds is 3. The molecule has 1 fully saturated rings. The number of carbonyl (C=O) groups is 1. The van der Waals surface area contributed by atoms with Crippen molar-refractivity contribution in [3.63, 3.8) is 0 Å². The molecular formula is C12H14ClIN2OS. The Labute approximate surface area is 130 Å². The van der Waals surface area contributed by atoms with Crippen LogP contribution in [0, 0.1) is 3.57 Å². The van der Waals surface area contributed by atoms with Gasteiger partial charge in [-0.2, -0.15) is 11.8 Å². The lowest BCUT2D eigenvalue weighted by Gasteiger charge is -2.22. The second-order valence-electron chi connectivity index (χ2n) is 4.10. The largest absolute Gasteiger partial charge is 0.325 e. The van der Waals surface area contributed by atoms with Crippen molar-refractivity contribution in [2.75, 3.05) is 23.4 Å². The Balaban J connectivity index is 1.90. The third-order valence-corrected chi connectivity index (χ3v) is 4.75. The number of nitrogens with one attached hydrogen (secondary N) is 2. The quantitative estimate of drug-likeness (QED) is 0.772. The lowest BCUT2D eigenvalue weighted by Crippen LogP contribution is -2.39. The molecule has 1 amide bonds. The minimum atomic E-state index is 0.0121. The molecule has 1 aliphatic heterocycles. The van der Waals surface area contributed by atoms with E-state index in [1.54, 1.807) is 0 Å². The number of carbonyl (C=O) groups excluding carboxylic acids is 1. The zero-order valence-electron chi connectivity index (χ0n) is 9.71. The summed E-state index contributed by atoms with van der Waals surface area (Å²) in [5.74, 6) is 2.13. The van der Waals surface area contributed by atoms with Gasteiger partial charge < -0.3 is 10.6 Å². The fraction of sp³-hybridized carbons (Fsp3) is 0.417. The molecule has 3 nitrogen and oxygen atoms in total. The number of amides is 1. The second-order valence-corrected chi connectivity index (χ2v) is 6.91. The van der Waals surface area contributed by atoms with Gasteiger partial charge in [-0.15, -0.1) is 0 Å². The van der Waals surface area contributed by atoms with Crippen molar-refractivity contribution in [2.24, 2.45) is 0 Å². The molecule has 2 N–H and O–H groups in total. The van der Waals surface area contributed by atoms with Crippen LogP contribution in [0.15, 0.2) is 18.2 Å². The van der Waals surface area contributed by atoms with Crippen molar-refractivity contribution in [2.45, 2.75) is 12.5 Å². The summed E-state index contributed by atoms with van der Waals surface area (Å²) in [6.07, 6.45) is 0.495. The van der Waals surface area contributed by atoms with E-state index in [1.807, 2.05) is 30.0 Å². The lowest BCUT2D eigenvalue weighted by atomic mass is 10.2. The lowest BCUT2D eigenvalue weighted by molar-refractivity contribution is -0.116. The number of halogens is 2. The van der Waals surface area contributed by atoms with Gasteiger partial charge in [0.2, 0.25) is 5.91 Å². The highest BCUT2D eigenvalue weighted by Crippen LogP contribution is 2.24. The molecule has 98 valence electrons. The molecule has 1 unspecified atom stereocenters. The molecule has 2 rings (SSSR count). The first kappa shape index (κ1) is 14.4. The summed E-state index contributed by atoms with van der Waals surface area (Å²) >= 11 is 10.2. The van der Waals surface area contributed by atoms with Gasteiger partial charge in [-0.25, -0.2) is 0 Å². The van der Waals surface area contributed by atoms with E-state index in [1.165, 1.54) is 0 Å². The predicted octanol–water partition coefficient (Wildman–Crippen LogP) is 2.98. The molecule has 0 radical (unpaired) electrons. The van der Waals surface area contributed by atoms with Crippen LogP contribution in [0.3, 0.4) is 0 Å². The van der Waals surface area contributed by atoms with Gasteiger partial charge in [-0.3, -0.25) is 4.79 Å². The normalized spacial score (nSPS) is 19.6. The third kappa shape index (κ3) is 4.29. The molecule has 1 saturated heterocycles. The molecule has 0 aliphatic carbocycles. The first-order valence-corrected chi connectivity index (χ1v) is 8.32. The van der Waals surface area contributed by atoms with Crippen LogP contribution < -0.4 is 10.6 Å². The van der Waals surface area contributed by atoms with Crippen LogP contribution in [0.5, 0.6) is 0 Å². The molecule has 0 saturated carbocycles. The summed E-state index contributed by atoms with van der Waals surface area (Å²) in [7, 11) is 0. The van der Waals surface area contributed by atoms with Crippen LogP contribution in [0.1, 0.15) is 6.42 Å². The second kappa shape index (κ2) is 6.98. The molecule has 0 bridgehead atoms. The Hall–Kier alpha value is 0.0200. The molecule has 6 heteroatoms. The Morgan fingerprint density at radius 1 is 1.61 bits per heavy atom. The number of hydrogen-bond donors (Lipinski definition) is 2. The molecule has 1 heterocycles. The summed E-state index contributed by atoms with van der Waals surface area (Å²) in [5, 5.41) is 6.79. The number of benzene rings is 1. The Morgan fingerprint density at radius 3 is 3.11 bits per heavy atom. The maximum absolute atomic E-state index is 11.9. The van der Waals surface area contributed by atoms with Crippen LogP contribution in [0.4, 0.5) is 5.69 Å². The first-order chi connectivity index (χ1) is 8.65. The monoisotopic (exact) mass is 396 g/mol. The summed E-state index contributed by atoms with van der Waals surface area (Å²) in [6, 6.07) is 5.88. The van der Waals surface area contributed by atoms with E-state index in [0.29, 0.717) is 17.1 Å². The van der Waals surface area contributed by atoms with E-state index in [4.69, 9.17) is 11.6 Å². The van der Waals surface area contributed by atoms with E-state index < -0.39 is 0 Å². The van der Waals surface area contributed by atoms with Gasteiger partial charge in [0.15, 0.2) is 0 Å². The van der Waals surface area contributed by atoms with Crippen molar-refractivity contribution in [3.05, 3.63) is 26.8 Å². The molecule has 0 spiro atoms. The molecule has 1 aromatic carbocycles. The average Bonchev–Trinajstić information content (AvgIpc) is 2.34. The maximum Gasteiger partial charge on any atom is 0.226 e. The van der Waals surface area contributed by atoms with E-state index in [-0.39, 0.29) is 11.9 Å². The van der Waals surface area contributed by atoms with Gasteiger partial charge in [-0.05, 0) is 40.8 Å². The highest BCUT2D eigenvalue weighted by molar-refractivity contribution is 14.1. The topological polar surface area (TPSA) is 41.1 Å². The van der Waals surface area contributed by atoms with Crippen LogP contribution in [0.25, 0.3) is 0 Å². The van der Waals surface area contributed by atoms with Gasteiger partial charge in [-0.1, -0.05) is 11.6 Å². The van der Waals surface area contributed by atoms with Crippen LogP contribution in [-0.4, -0.2) is 30.0 Å². The summed E-state index contributed by atoms with van der Waals surface area (Å²) in [5.41, 5.74) is 0.686. The fourth-order valence-electron chi connectivity index (χ4n) is 1.77. The van der Waals surface area contributed by atoms with Gasteiger partial charge in [0.1, 0.15) is 0 Å². The smallest absolute Gasteiger partial charge is 0.226 e. The molecular weight excluding hydrogens is 383 g/mol. The molecule has 1 atom stereocenters. The third-order valence-electron chi connectivity index (χ3n) is 2.64. The molecule has 18 heavy (non-hydrogen) atoms. The number of hydrogen-bond acceptors (Lipinski definition) is 3. The summed E-state index contributed by atoms with van der Waals surface area (Å²) in [6.45, 7) is 0.979. The predicted molar refractivity (Wildman–Crippen MR) is 86.5 cm³/mol. The van der Waals surface area contributed by atoms with Crippen molar-refractivity contribution in [1.29, 1.82) is 0 Å². The van der Waals surface area contributed by atoms with Gasteiger partial charge in [0, 0.05) is 34.1 Å². The van der Waals surface area contributed by atoms with Gasteiger partial charge in [0.05, 0.1) is 10.7 Å². The van der Waals surface area contributed by atoms with Gasteiger partial charge >= 0.3 is 0 Å². The number of anilines is 1. The first-order valence-electron chi connectivity index (χ1n) is 5.71. The van der Waals surface area contributed by atoms with Crippen LogP contribution in [-0.2, 0) is 4.79 Å². The fourth-order valence-corrected chi connectivity index (χ4v) is 3.62. The maximum atomic E-state index is 11.9. The van der Waals surface area contributed by atoms with E-state index in [0.717, 1.165) is 21.6 Å². The minimum absolute atomic E-state index is 0.0121. The Bertz CT molecular complexity index is 438. The zero-order chi connectivity index (χ0) is 13.0.